The van der Waals surface area contributed by atoms with Crippen molar-refractivity contribution in [1.29, 1.82) is 0 Å². The van der Waals surface area contributed by atoms with Crippen LogP contribution in [-0.4, -0.2) is 16.0 Å². The minimum atomic E-state index is -0.387. The van der Waals surface area contributed by atoms with Gasteiger partial charge >= 0.3 is 0 Å². The second kappa shape index (κ2) is 6.96. The van der Waals surface area contributed by atoms with Crippen LogP contribution in [-0.2, 0) is 13.0 Å². The van der Waals surface area contributed by atoms with E-state index in [9.17, 15) is 4.39 Å². The molecule has 0 bridgehead atoms. The third-order valence-corrected chi connectivity index (χ3v) is 3.02. The minimum absolute atomic E-state index is 0.00729. The van der Waals surface area contributed by atoms with E-state index in [-0.39, 0.29) is 24.2 Å². The molecule has 1 atom stereocenters. The van der Waals surface area contributed by atoms with Crippen LogP contribution in [0, 0.1) is 5.82 Å². The van der Waals surface area contributed by atoms with Crippen LogP contribution >= 0.6 is 0 Å². The first-order valence-corrected chi connectivity index (χ1v) is 6.62. The molecule has 0 fully saturated rings. The maximum absolute atomic E-state index is 13.9. The topological polar surface area (TPSA) is 61.0 Å². The summed E-state index contributed by atoms with van der Waals surface area (Å²) in [6.07, 6.45) is 4.67. The Balaban J connectivity index is 2.13. The van der Waals surface area contributed by atoms with E-state index >= 15 is 0 Å². The van der Waals surface area contributed by atoms with Crippen LogP contribution in [0.4, 0.5) is 4.39 Å². The van der Waals surface area contributed by atoms with Crippen LogP contribution in [0.2, 0.25) is 0 Å². The van der Waals surface area contributed by atoms with Crippen molar-refractivity contribution in [3.8, 4) is 5.75 Å². The zero-order valence-electron chi connectivity index (χ0n) is 11.4. The van der Waals surface area contributed by atoms with Crippen molar-refractivity contribution >= 4 is 0 Å². The molecule has 106 valence electrons. The van der Waals surface area contributed by atoms with Crippen molar-refractivity contribution < 1.29 is 9.13 Å². The summed E-state index contributed by atoms with van der Waals surface area (Å²) in [7, 11) is 0. The molecular formula is C15H18FN3O. The predicted octanol–water partition coefficient (Wildman–Crippen LogP) is 2.47. The molecule has 0 radical (unpaired) electrons. The average molecular weight is 275 g/mol. The van der Waals surface area contributed by atoms with Gasteiger partial charge in [-0.05, 0) is 30.5 Å². The molecule has 1 aromatic heterocycles. The van der Waals surface area contributed by atoms with Crippen molar-refractivity contribution in [2.24, 2.45) is 5.73 Å². The van der Waals surface area contributed by atoms with Gasteiger partial charge in [-0.15, -0.1) is 0 Å². The summed E-state index contributed by atoms with van der Waals surface area (Å²) >= 11 is 0. The lowest BCUT2D eigenvalue weighted by molar-refractivity contribution is 0.277. The van der Waals surface area contributed by atoms with Crippen LogP contribution in [0.15, 0.2) is 36.7 Å². The molecule has 1 aromatic carbocycles. The fourth-order valence-electron chi connectivity index (χ4n) is 1.84. The molecule has 20 heavy (non-hydrogen) atoms. The summed E-state index contributed by atoms with van der Waals surface area (Å²) in [6, 6.07) is 6.59. The second-order valence-electron chi connectivity index (χ2n) is 4.55. The van der Waals surface area contributed by atoms with Crippen molar-refractivity contribution in [2.45, 2.75) is 32.4 Å². The van der Waals surface area contributed by atoms with Crippen molar-refractivity contribution in [1.82, 2.24) is 9.97 Å². The quantitative estimate of drug-likeness (QED) is 0.879. The summed E-state index contributed by atoms with van der Waals surface area (Å²) in [5.41, 5.74) is 6.70. The Hall–Kier alpha value is -2.01. The molecule has 0 aliphatic carbocycles. The van der Waals surface area contributed by atoms with Gasteiger partial charge in [-0.25, -0.2) is 14.4 Å². The van der Waals surface area contributed by atoms with Gasteiger partial charge in [0.1, 0.15) is 6.61 Å². The van der Waals surface area contributed by atoms with E-state index in [1.165, 1.54) is 6.07 Å². The molecule has 2 N–H and O–H groups in total. The summed E-state index contributed by atoms with van der Waals surface area (Å²) in [4.78, 5) is 8.09. The number of ether oxygens (including phenoxy) is 1. The maximum Gasteiger partial charge on any atom is 0.166 e. The summed E-state index contributed by atoms with van der Waals surface area (Å²) in [5.74, 6) is 0.368. The summed E-state index contributed by atoms with van der Waals surface area (Å²) < 4.78 is 19.4. The number of benzene rings is 1. The highest BCUT2D eigenvalue weighted by Crippen LogP contribution is 2.24. The Morgan fingerprint density at radius 3 is 2.70 bits per heavy atom. The first-order valence-electron chi connectivity index (χ1n) is 6.62. The highest BCUT2D eigenvalue weighted by molar-refractivity contribution is 5.35. The summed E-state index contributed by atoms with van der Waals surface area (Å²) in [6.45, 7) is 2.14. The minimum Gasteiger partial charge on any atom is -0.482 e. The molecule has 0 aliphatic rings. The van der Waals surface area contributed by atoms with Crippen molar-refractivity contribution in [3.63, 3.8) is 0 Å². The van der Waals surface area contributed by atoms with Crippen LogP contribution in [0.3, 0.4) is 0 Å². The monoisotopic (exact) mass is 275 g/mol. The standard InChI is InChI=1S/C15H18FN3O/c1-2-12(17)9-11-5-3-6-13(16)15(11)20-10-14-18-7-4-8-19-14/h3-8,12H,2,9-10,17H2,1H3. The van der Waals surface area contributed by atoms with Gasteiger partial charge < -0.3 is 10.5 Å². The van der Waals surface area contributed by atoms with Gasteiger partial charge in [0.05, 0.1) is 0 Å². The lowest BCUT2D eigenvalue weighted by Gasteiger charge is -2.14. The normalized spacial score (nSPS) is 12.2. The van der Waals surface area contributed by atoms with Gasteiger partial charge in [0.15, 0.2) is 17.4 Å². The number of aromatic nitrogens is 2. The zero-order chi connectivity index (χ0) is 14.4. The molecule has 5 heteroatoms. The number of nitrogens with zero attached hydrogens (tertiary/aromatic N) is 2. The Bertz CT molecular complexity index is 548. The number of hydrogen-bond donors (Lipinski definition) is 1. The Labute approximate surface area is 117 Å². The molecule has 0 aliphatic heterocycles. The third-order valence-electron chi connectivity index (χ3n) is 3.02. The maximum atomic E-state index is 13.9. The van der Waals surface area contributed by atoms with E-state index < -0.39 is 0 Å². The first kappa shape index (κ1) is 14.4. The Morgan fingerprint density at radius 1 is 1.25 bits per heavy atom. The molecule has 0 saturated heterocycles. The number of rotatable bonds is 6. The van der Waals surface area contributed by atoms with E-state index in [1.807, 2.05) is 13.0 Å². The highest BCUT2D eigenvalue weighted by Gasteiger charge is 2.13. The molecule has 1 heterocycles. The molecule has 4 nitrogen and oxygen atoms in total. The SMILES string of the molecule is CCC(N)Cc1cccc(F)c1OCc1ncccn1. The van der Waals surface area contributed by atoms with Gasteiger partial charge in [0.2, 0.25) is 0 Å². The van der Waals surface area contributed by atoms with Gasteiger partial charge in [0.25, 0.3) is 0 Å². The predicted molar refractivity (Wildman–Crippen MR) is 74.7 cm³/mol. The van der Waals surface area contributed by atoms with E-state index in [0.717, 1.165) is 12.0 Å². The largest absolute Gasteiger partial charge is 0.482 e. The zero-order valence-corrected chi connectivity index (χ0v) is 11.4. The molecule has 0 amide bonds. The highest BCUT2D eigenvalue weighted by atomic mass is 19.1. The van der Waals surface area contributed by atoms with Gasteiger partial charge in [-0.2, -0.15) is 0 Å². The van der Waals surface area contributed by atoms with E-state index in [2.05, 4.69) is 9.97 Å². The fourth-order valence-corrected chi connectivity index (χ4v) is 1.84. The second-order valence-corrected chi connectivity index (χ2v) is 4.55. The smallest absolute Gasteiger partial charge is 0.166 e. The van der Waals surface area contributed by atoms with Gasteiger partial charge in [0, 0.05) is 18.4 Å². The first-order chi connectivity index (χ1) is 9.70. The molecule has 2 aromatic rings. The summed E-state index contributed by atoms with van der Waals surface area (Å²) in [5, 5.41) is 0. The molecule has 2 rings (SSSR count). The van der Waals surface area contributed by atoms with E-state index in [0.29, 0.717) is 12.2 Å². The van der Waals surface area contributed by atoms with Crippen LogP contribution in [0.1, 0.15) is 24.7 Å². The number of hydrogen-bond acceptors (Lipinski definition) is 4. The average Bonchev–Trinajstić information content (AvgIpc) is 2.47. The Morgan fingerprint density at radius 2 is 2.00 bits per heavy atom. The van der Waals surface area contributed by atoms with Crippen LogP contribution in [0.5, 0.6) is 5.75 Å². The van der Waals surface area contributed by atoms with Gasteiger partial charge in [-0.1, -0.05) is 19.1 Å². The van der Waals surface area contributed by atoms with Crippen molar-refractivity contribution in [3.05, 3.63) is 53.9 Å². The molecule has 0 spiro atoms. The number of nitrogens with two attached hydrogens (primary N) is 1. The lowest BCUT2D eigenvalue weighted by Crippen LogP contribution is -2.22. The molecular weight excluding hydrogens is 257 g/mol. The lowest BCUT2D eigenvalue weighted by atomic mass is 10.0. The van der Waals surface area contributed by atoms with Crippen molar-refractivity contribution in [2.75, 3.05) is 0 Å². The number of para-hydroxylation sites is 1. The van der Waals surface area contributed by atoms with Crippen LogP contribution < -0.4 is 10.5 Å². The number of halogens is 1. The third kappa shape index (κ3) is 3.74. The van der Waals surface area contributed by atoms with E-state index in [1.54, 1.807) is 24.5 Å². The van der Waals surface area contributed by atoms with Gasteiger partial charge in [-0.3, -0.25) is 0 Å². The molecule has 1 unspecified atom stereocenters. The molecule has 0 saturated carbocycles. The van der Waals surface area contributed by atoms with Crippen LogP contribution in [0.25, 0.3) is 0 Å². The fraction of sp³-hybridized carbons (Fsp3) is 0.333. The Kier molecular flexibility index (Phi) is 5.01. The van der Waals surface area contributed by atoms with E-state index in [4.69, 9.17) is 10.5 Å².